The Morgan fingerprint density at radius 3 is 2.20 bits per heavy atom. The van der Waals surface area contributed by atoms with Crippen LogP contribution in [0.15, 0.2) is 0 Å². The minimum Gasteiger partial charge on any atom is -0.395 e. The van der Waals surface area contributed by atoms with Crippen molar-refractivity contribution in [3.8, 4) is 6.07 Å². The zero-order valence-electron chi connectivity index (χ0n) is 8.57. The van der Waals surface area contributed by atoms with Crippen molar-refractivity contribution in [2.45, 2.75) is 36.9 Å². The molecule has 2 fully saturated rings. The lowest BCUT2D eigenvalue weighted by Gasteiger charge is -2.17. The average Bonchev–Trinajstić information content (AvgIpc) is 2.99. The van der Waals surface area contributed by atoms with Gasteiger partial charge in [-0.25, -0.2) is 8.42 Å². The lowest BCUT2D eigenvalue weighted by molar-refractivity contribution is 0.283. The Hall–Kier alpha value is -0.600. The van der Waals surface area contributed by atoms with Crippen LogP contribution in [-0.4, -0.2) is 30.6 Å². The van der Waals surface area contributed by atoms with Crippen molar-refractivity contribution in [2.24, 2.45) is 5.41 Å². The quantitative estimate of drug-likeness (QED) is 0.749. The van der Waals surface area contributed by atoms with E-state index in [0.717, 1.165) is 12.8 Å². The van der Waals surface area contributed by atoms with Crippen LogP contribution in [0, 0.1) is 16.7 Å². The highest BCUT2D eigenvalue weighted by molar-refractivity contribution is 7.93. The molecule has 0 aromatic rings. The van der Waals surface area contributed by atoms with Gasteiger partial charge in [0.15, 0.2) is 9.84 Å². The van der Waals surface area contributed by atoms with Crippen LogP contribution < -0.4 is 0 Å². The van der Waals surface area contributed by atoms with Gasteiger partial charge in [0.05, 0.1) is 23.2 Å². The normalized spacial score (nSPS) is 25.6. The number of sulfone groups is 1. The Bertz CT molecular complexity index is 399. The molecule has 0 saturated heterocycles. The Kier molecular flexibility index (Phi) is 2.32. The van der Waals surface area contributed by atoms with Crippen molar-refractivity contribution in [3.05, 3.63) is 0 Å². The second-order valence-electron chi connectivity index (χ2n) is 4.94. The topological polar surface area (TPSA) is 78.2 Å². The summed E-state index contributed by atoms with van der Waals surface area (Å²) in [7, 11) is -3.22. The molecule has 0 amide bonds. The fraction of sp³-hybridized carbons (Fsp3) is 0.900. The molecule has 4 nitrogen and oxygen atoms in total. The van der Waals surface area contributed by atoms with Crippen LogP contribution >= 0.6 is 0 Å². The van der Waals surface area contributed by atoms with Crippen molar-refractivity contribution in [2.75, 3.05) is 12.4 Å². The third kappa shape index (κ3) is 1.77. The van der Waals surface area contributed by atoms with Gasteiger partial charge in [-0.2, -0.15) is 5.26 Å². The van der Waals surface area contributed by atoms with E-state index in [-0.39, 0.29) is 17.8 Å². The van der Waals surface area contributed by atoms with Gasteiger partial charge in [-0.3, -0.25) is 0 Å². The third-order valence-electron chi connectivity index (χ3n) is 3.66. The van der Waals surface area contributed by atoms with E-state index in [0.29, 0.717) is 19.3 Å². The third-order valence-corrected chi connectivity index (χ3v) is 6.51. The van der Waals surface area contributed by atoms with E-state index < -0.39 is 14.6 Å². The molecule has 2 aliphatic carbocycles. The molecule has 84 valence electrons. The molecule has 2 rings (SSSR count). The van der Waals surface area contributed by atoms with Gasteiger partial charge in [0.1, 0.15) is 0 Å². The molecule has 0 aromatic carbocycles. The second kappa shape index (κ2) is 3.19. The summed E-state index contributed by atoms with van der Waals surface area (Å²) in [5.74, 6) is 0.0914. The predicted molar refractivity (Wildman–Crippen MR) is 54.7 cm³/mol. The van der Waals surface area contributed by atoms with Gasteiger partial charge in [0, 0.05) is 6.42 Å². The highest BCUT2D eigenvalue weighted by Crippen LogP contribution is 2.53. The Labute approximate surface area is 89.8 Å². The summed E-state index contributed by atoms with van der Waals surface area (Å²) >= 11 is 0. The minimum absolute atomic E-state index is 0.0914. The highest BCUT2D eigenvalue weighted by atomic mass is 32.2. The minimum atomic E-state index is -3.22. The molecular formula is C10H15NO3S. The fourth-order valence-corrected chi connectivity index (χ4v) is 4.40. The van der Waals surface area contributed by atoms with Gasteiger partial charge in [-0.1, -0.05) is 0 Å². The first kappa shape index (κ1) is 10.9. The van der Waals surface area contributed by atoms with Crippen molar-refractivity contribution in [1.82, 2.24) is 0 Å². The molecule has 2 saturated carbocycles. The molecule has 0 unspecified atom stereocenters. The van der Waals surface area contributed by atoms with Crippen LogP contribution in [0.2, 0.25) is 0 Å². The number of rotatable bonds is 5. The summed E-state index contributed by atoms with van der Waals surface area (Å²) in [5.41, 5.74) is -0.279. The molecule has 5 heteroatoms. The largest absolute Gasteiger partial charge is 0.395 e. The molecule has 0 aromatic heterocycles. The molecule has 0 radical (unpaired) electrons. The van der Waals surface area contributed by atoms with Crippen LogP contribution in [0.25, 0.3) is 0 Å². The maximum absolute atomic E-state index is 12.0. The number of aliphatic hydroxyl groups excluding tert-OH is 1. The molecule has 1 N–H and O–H groups in total. The number of hydrogen-bond donors (Lipinski definition) is 1. The lowest BCUT2D eigenvalue weighted by Crippen LogP contribution is -2.33. The van der Waals surface area contributed by atoms with Gasteiger partial charge >= 0.3 is 0 Å². The first-order chi connectivity index (χ1) is 6.99. The summed E-state index contributed by atoms with van der Waals surface area (Å²) in [6, 6.07) is 2.06. The van der Waals surface area contributed by atoms with Crippen molar-refractivity contribution >= 4 is 9.84 Å². The van der Waals surface area contributed by atoms with Gasteiger partial charge in [-0.15, -0.1) is 0 Å². The molecular weight excluding hydrogens is 214 g/mol. The van der Waals surface area contributed by atoms with Crippen LogP contribution in [0.5, 0.6) is 0 Å². The molecule has 0 heterocycles. The van der Waals surface area contributed by atoms with E-state index >= 15 is 0 Å². The maximum atomic E-state index is 12.0. The standard InChI is InChI=1S/C10H15NO3S/c11-6-5-9(1-2-9)8-15(13,14)10(7-12)3-4-10/h12H,1-5,7-8H2. The fourth-order valence-electron chi connectivity index (χ4n) is 1.98. The molecule has 2 aliphatic rings. The first-order valence-corrected chi connectivity index (χ1v) is 6.85. The van der Waals surface area contributed by atoms with E-state index in [1.54, 1.807) is 0 Å². The number of hydrogen-bond acceptors (Lipinski definition) is 4. The SMILES string of the molecule is N#CCC1(CS(=O)(=O)C2(CO)CC2)CC1. The number of nitriles is 1. The second-order valence-corrected chi connectivity index (χ2v) is 7.32. The maximum Gasteiger partial charge on any atom is 0.158 e. The van der Waals surface area contributed by atoms with Gasteiger partial charge in [0.25, 0.3) is 0 Å². The monoisotopic (exact) mass is 229 g/mol. The highest BCUT2D eigenvalue weighted by Gasteiger charge is 2.58. The van der Waals surface area contributed by atoms with E-state index in [4.69, 9.17) is 10.4 Å². The Morgan fingerprint density at radius 1 is 1.27 bits per heavy atom. The van der Waals surface area contributed by atoms with Crippen LogP contribution in [-0.2, 0) is 9.84 Å². The Balaban J connectivity index is 2.10. The zero-order chi connectivity index (χ0) is 11.2. The molecule has 15 heavy (non-hydrogen) atoms. The summed E-state index contributed by atoms with van der Waals surface area (Å²) < 4.78 is 23.2. The first-order valence-electron chi connectivity index (χ1n) is 5.19. The van der Waals surface area contributed by atoms with Crippen molar-refractivity contribution < 1.29 is 13.5 Å². The summed E-state index contributed by atoms with van der Waals surface area (Å²) in [6.07, 6.45) is 3.15. The van der Waals surface area contributed by atoms with Crippen molar-refractivity contribution in [3.63, 3.8) is 0 Å². The van der Waals surface area contributed by atoms with Crippen LogP contribution in [0.3, 0.4) is 0 Å². The molecule has 0 spiro atoms. The van der Waals surface area contributed by atoms with Gasteiger partial charge in [-0.05, 0) is 31.1 Å². The molecule has 0 atom stereocenters. The summed E-state index contributed by atoms with van der Waals surface area (Å²) in [5, 5.41) is 17.7. The van der Waals surface area contributed by atoms with Gasteiger partial charge < -0.3 is 5.11 Å². The average molecular weight is 229 g/mol. The van der Waals surface area contributed by atoms with E-state index in [1.807, 2.05) is 0 Å². The summed E-state index contributed by atoms with van der Waals surface area (Å²) in [4.78, 5) is 0. The van der Waals surface area contributed by atoms with E-state index in [1.165, 1.54) is 0 Å². The predicted octanol–water partition coefficient (Wildman–Crippen LogP) is 0.620. The lowest BCUT2D eigenvalue weighted by atomic mass is 10.1. The smallest absolute Gasteiger partial charge is 0.158 e. The Morgan fingerprint density at radius 2 is 1.87 bits per heavy atom. The molecule has 0 bridgehead atoms. The number of nitrogens with zero attached hydrogens (tertiary/aromatic N) is 1. The van der Waals surface area contributed by atoms with Crippen LogP contribution in [0.4, 0.5) is 0 Å². The van der Waals surface area contributed by atoms with Crippen LogP contribution in [0.1, 0.15) is 32.1 Å². The zero-order valence-corrected chi connectivity index (χ0v) is 9.39. The van der Waals surface area contributed by atoms with Crippen molar-refractivity contribution in [1.29, 1.82) is 5.26 Å². The van der Waals surface area contributed by atoms with Gasteiger partial charge in [0.2, 0.25) is 0 Å². The number of aliphatic hydroxyl groups is 1. The molecule has 0 aliphatic heterocycles. The summed E-state index contributed by atoms with van der Waals surface area (Å²) in [6.45, 7) is -0.266. The van der Waals surface area contributed by atoms with E-state index in [9.17, 15) is 8.42 Å². The van der Waals surface area contributed by atoms with E-state index in [2.05, 4.69) is 6.07 Å².